The number of amides is 2. The van der Waals surface area contributed by atoms with Crippen molar-refractivity contribution < 1.29 is 9.59 Å². The number of carbonyl (C=O) groups is 2. The first kappa shape index (κ1) is 17.9. The van der Waals surface area contributed by atoms with Gasteiger partial charge in [-0.2, -0.15) is 0 Å². The molecule has 2 heterocycles. The van der Waals surface area contributed by atoms with Crippen LogP contribution in [-0.2, 0) is 12.8 Å². The lowest BCUT2D eigenvalue weighted by atomic mass is 9.77. The summed E-state index contributed by atoms with van der Waals surface area (Å²) in [6, 6.07) is 13.6. The van der Waals surface area contributed by atoms with Gasteiger partial charge in [-0.05, 0) is 59.6 Å². The fourth-order valence-corrected chi connectivity index (χ4v) is 3.98. The van der Waals surface area contributed by atoms with Gasteiger partial charge in [0, 0.05) is 18.0 Å². The second-order valence-corrected chi connectivity index (χ2v) is 6.99. The van der Waals surface area contributed by atoms with Crippen LogP contribution in [-0.4, -0.2) is 21.8 Å². The zero-order valence-electron chi connectivity index (χ0n) is 15.3. The zero-order valence-corrected chi connectivity index (χ0v) is 15.3. The van der Waals surface area contributed by atoms with Crippen LogP contribution in [0.4, 0.5) is 0 Å². The minimum absolute atomic E-state index is 0.0461. The molecule has 0 radical (unpaired) electrons. The van der Waals surface area contributed by atoms with Crippen LogP contribution >= 0.6 is 0 Å². The van der Waals surface area contributed by atoms with E-state index >= 15 is 0 Å². The van der Waals surface area contributed by atoms with Gasteiger partial charge < -0.3 is 11.5 Å². The van der Waals surface area contributed by atoms with Gasteiger partial charge in [0.1, 0.15) is 11.4 Å². The largest absolute Gasteiger partial charge is 0.364 e. The second-order valence-electron chi connectivity index (χ2n) is 6.99. The Labute approximate surface area is 162 Å². The summed E-state index contributed by atoms with van der Waals surface area (Å²) in [5.74, 6) is -1.24. The van der Waals surface area contributed by atoms with E-state index in [1.165, 1.54) is 11.1 Å². The monoisotopic (exact) mass is 372 g/mol. The highest BCUT2D eigenvalue weighted by Crippen LogP contribution is 2.38. The van der Waals surface area contributed by atoms with Crippen molar-refractivity contribution in [3.8, 4) is 11.1 Å². The highest BCUT2D eigenvalue weighted by molar-refractivity contribution is 5.96. The quantitative estimate of drug-likeness (QED) is 0.733. The van der Waals surface area contributed by atoms with Gasteiger partial charge in [0.25, 0.3) is 11.8 Å². The Morgan fingerprint density at radius 1 is 1.00 bits per heavy atom. The molecule has 4 N–H and O–H groups in total. The Morgan fingerprint density at radius 3 is 2.57 bits per heavy atom. The molecule has 0 bridgehead atoms. The van der Waals surface area contributed by atoms with E-state index in [1.807, 2.05) is 18.3 Å². The SMILES string of the molecule is NC(=O)c1ccc(C2CCc3cccc(-c4cccnc4)c3C2)c(C(N)=O)n1. The summed E-state index contributed by atoms with van der Waals surface area (Å²) < 4.78 is 0. The maximum atomic E-state index is 12.0. The number of nitrogens with zero attached hydrogens (tertiary/aromatic N) is 2. The zero-order chi connectivity index (χ0) is 19.7. The molecule has 1 atom stereocenters. The summed E-state index contributed by atoms with van der Waals surface area (Å²) in [5.41, 5.74) is 16.6. The first-order chi connectivity index (χ1) is 13.5. The van der Waals surface area contributed by atoms with Gasteiger partial charge in [0.2, 0.25) is 0 Å². The molecule has 6 heteroatoms. The summed E-state index contributed by atoms with van der Waals surface area (Å²) in [5, 5.41) is 0. The third-order valence-corrected chi connectivity index (χ3v) is 5.31. The normalized spacial score (nSPS) is 15.6. The first-order valence-corrected chi connectivity index (χ1v) is 9.16. The van der Waals surface area contributed by atoms with E-state index in [0.29, 0.717) is 0 Å². The molecular weight excluding hydrogens is 352 g/mol. The number of pyridine rings is 2. The van der Waals surface area contributed by atoms with Crippen molar-refractivity contribution in [3.63, 3.8) is 0 Å². The molecule has 1 aliphatic carbocycles. The van der Waals surface area contributed by atoms with E-state index < -0.39 is 11.8 Å². The molecule has 0 saturated carbocycles. The third-order valence-electron chi connectivity index (χ3n) is 5.31. The molecule has 0 saturated heterocycles. The van der Waals surface area contributed by atoms with Gasteiger partial charge in [0.15, 0.2) is 0 Å². The molecule has 0 spiro atoms. The Bertz CT molecular complexity index is 1060. The molecule has 6 nitrogen and oxygen atoms in total. The Balaban J connectivity index is 1.76. The highest BCUT2D eigenvalue weighted by Gasteiger charge is 2.27. The number of primary amides is 2. The van der Waals surface area contributed by atoms with E-state index in [0.717, 1.165) is 36.0 Å². The van der Waals surface area contributed by atoms with Crippen LogP contribution in [0.25, 0.3) is 11.1 Å². The van der Waals surface area contributed by atoms with Crippen LogP contribution in [0.3, 0.4) is 0 Å². The topological polar surface area (TPSA) is 112 Å². The van der Waals surface area contributed by atoms with Gasteiger partial charge in [0.05, 0.1) is 0 Å². The highest BCUT2D eigenvalue weighted by atomic mass is 16.1. The van der Waals surface area contributed by atoms with Crippen molar-refractivity contribution in [2.24, 2.45) is 11.5 Å². The van der Waals surface area contributed by atoms with Crippen LogP contribution in [0, 0.1) is 0 Å². The molecule has 1 aliphatic rings. The van der Waals surface area contributed by atoms with E-state index in [1.54, 1.807) is 18.3 Å². The minimum atomic E-state index is -0.679. The van der Waals surface area contributed by atoms with Crippen molar-refractivity contribution >= 4 is 11.8 Å². The molecule has 2 amide bonds. The molecular formula is C22H20N4O2. The van der Waals surface area contributed by atoms with Gasteiger partial charge in [-0.25, -0.2) is 4.98 Å². The molecule has 28 heavy (non-hydrogen) atoms. The van der Waals surface area contributed by atoms with E-state index in [-0.39, 0.29) is 17.3 Å². The standard InChI is InChI=1S/C22H20N4O2/c23-21(27)19-9-8-17(20(26-19)22(24)28)14-7-6-13-3-1-5-16(18(13)11-14)15-4-2-10-25-12-15/h1-5,8-10,12,14H,6-7,11H2,(H2,23,27)(H2,24,28). The van der Waals surface area contributed by atoms with Crippen molar-refractivity contribution in [2.45, 2.75) is 25.2 Å². The first-order valence-electron chi connectivity index (χ1n) is 9.16. The van der Waals surface area contributed by atoms with Crippen molar-refractivity contribution in [1.29, 1.82) is 0 Å². The lowest BCUT2D eigenvalue weighted by Gasteiger charge is -2.28. The van der Waals surface area contributed by atoms with Crippen LogP contribution in [0.5, 0.6) is 0 Å². The minimum Gasteiger partial charge on any atom is -0.364 e. The molecule has 140 valence electrons. The molecule has 3 aromatic rings. The third kappa shape index (κ3) is 3.24. The van der Waals surface area contributed by atoms with Gasteiger partial charge >= 0.3 is 0 Å². The Kier molecular flexibility index (Phi) is 4.61. The maximum Gasteiger partial charge on any atom is 0.267 e. The van der Waals surface area contributed by atoms with E-state index in [4.69, 9.17) is 11.5 Å². The molecule has 0 aliphatic heterocycles. The average molecular weight is 372 g/mol. The lowest BCUT2D eigenvalue weighted by Crippen LogP contribution is -2.23. The second kappa shape index (κ2) is 7.23. The average Bonchev–Trinajstić information content (AvgIpc) is 2.73. The van der Waals surface area contributed by atoms with Crippen LogP contribution < -0.4 is 11.5 Å². The number of aryl methyl sites for hydroxylation is 1. The fourth-order valence-electron chi connectivity index (χ4n) is 3.98. The van der Waals surface area contributed by atoms with Gasteiger partial charge in [-0.1, -0.05) is 30.3 Å². The van der Waals surface area contributed by atoms with Gasteiger partial charge in [-0.3, -0.25) is 14.6 Å². The predicted octanol–water partition coefficient (Wildman–Crippen LogP) is 2.61. The smallest absolute Gasteiger partial charge is 0.267 e. The van der Waals surface area contributed by atoms with Crippen LogP contribution in [0.1, 0.15) is 50.0 Å². The molecule has 4 rings (SSSR count). The Hall–Kier alpha value is -3.54. The predicted molar refractivity (Wildman–Crippen MR) is 106 cm³/mol. The Morgan fingerprint density at radius 2 is 1.86 bits per heavy atom. The summed E-state index contributed by atoms with van der Waals surface area (Å²) >= 11 is 0. The number of fused-ring (bicyclic) bond motifs is 1. The summed E-state index contributed by atoms with van der Waals surface area (Å²) in [4.78, 5) is 31.8. The van der Waals surface area contributed by atoms with Crippen LogP contribution in [0.15, 0.2) is 54.9 Å². The van der Waals surface area contributed by atoms with E-state index in [9.17, 15) is 9.59 Å². The molecule has 2 aromatic heterocycles. The van der Waals surface area contributed by atoms with Crippen molar-refractivity contribution in [3.05, 3.63) is 82.9 Å². The number of aromatic nitrogens is 2. The number of benzene rings is 1. The molecule has 1 unspecified atom stereocenters. The summed E-state index contributed by atoms with van der Waals surface area (Å²) in [6.07, 6.45) is 6.15. The maximum absolute atomic E-state index is 12.0. The fraction of sp³-hybridized carbons (Fsp3) is 0.182. The summed E-state index contributed by atoms with van der Waals surface area (Å²) in [6.45, 7) is 0. The summed E-state index contributed by atoms with van der Waals surface area (Å²) in [7, 11) is 0. The number of hydrogen-bond donors (Lipinski definition) is 2. The molecule has 1 aromatic carbocycles. The number of nitrogens with two attached hydrogens (primary N) is 2. The number of hydrogen-bond acceptors (Lipinski definition) is 4. The van der Waals surface area contributed by atoms with Crippen molar-refractivity contribution in [2.75, 3.05) is 0 Å². The van der Waals surface area contributed by atoms with Crippen molar-refractivity contribution in [1.82, 2.24) is 9.97 Å². The van der Waals surface area contributed by atoms with Gasteiger partial charge in [-0.15, -0.1) is 0 Å². The number of carbonyl (C=O) groups excluding carboxylic acids is 2. The lowest BCUT2D eigenvalue weighted by molar-refractivity contribution is 0.0991. The van der Waals surface area contributed by atoms with Crippen LogP contribution in [0.2, 0.25) is 0 Å². The molecule has 0 fully saturated rings. The number of rotatable bonds is 4. The van der Waals surface area contributed by atoms with E-state index in [2.05, 4.69) is 28.2 Å².